The fourth-order valence-corrected chi connectivity index (χ4v) is 1.63. The van der Waals surface area contributed by atoms with Crippen LogP contribution in [0.15, 0.2) is 4.79 Å². The molecule has 15 heavy (non-hydrogen) atoms. The minimum absolute atomic E-state index is 0.0313. The number of aryl methyl sites for hydroxylation is 2. The fraction of sp³-hybridized carbons (Fsp3) is 0.667. The Morgan fingerprint density at radius 1 is 1.40 bits per heavy atom. The lowest BCUT2D eigenvalue weighted by molar-refractivity contribution is 0.572. The minimum Gasteiger partial charge on any atom is -0.310 e. The average Bonchev–Trinajstić information content (AvgIpc) is 2.14. The van der Waals surface area contributed by atoms with Crippen LogP contribution in [0.4, 0.5) is 0 Å². The predicted molar refractivity (Wildman–Crippen MR) is 62.1 cm³/mol. The second-order valence-corrected chi connectivity index (χ2v) is 4.36. The van der Waals surface area contributed by atoms with Gasteiger partial charge in [-0.3, -0.25) is 4.79 Å². The van der Waals surface area contributed by atoms with Gasteiger partial charge >= 0.3 is 0 Å². The van der Waals surface area contributed by atoms with Gasteiger partial charge in [0.2, 0.25) is 0 Å². The van der Waals surface area contributed by atoms with Crippen LogP contribution in [-0.4, -0.2) is 9.97 Å². The first-order valence-electron chi connectivity index (χ1n) is 5.63. The number of hydrogen-bond donors (Lipinski definition) is 1. The van der Waals surface area contributed by atoms with Gasteiger partial charge in [-0.1, -0.05) is 20.8 Å². The van der Waals surface area contributed by atoms with E-state index in [1.165, 1.54) is 0 Å². The molecule has 0 aliphatic carbocycles. The summed E-state index contributed by atoms with van der Waals surface area (Å²) in [4.78, 5) is 18.9. The molecule has 1 rings (SSSR count). The van der Waals surface area contributed by atoms with Gasteiger partial charge in [-0.05, 0) is 25.7 Å². The third-order valence-corrected chi connectivity index (χ3v) is 2.58. The topological polar surface area (TPSA) is 45.8 Å². The van der Waals surface area contributed by atoms with E-state index >= 15 is 0 Å². The third-order valence-electron chi connectivity index (χ3n) is 2.58. The highest BCUT2D eigenvalue weighted by Gasteiger charge is 2.06. The number of nitrogens with one attached hydrogen (secondary N) is 1. The molecule has 0 aliphatic rings. The first-order chi connectivity index (χ1) is 7.04. The maximum atomic E-state index is 11.6. The Morgan fingerprint density at radius 2 is 2.07 bits per heavy atom. The van der Waals surface area contributed by atoms with Gasteiger partial charge in [0.05, 0.1) is 0 Å². The van der Waals surface area contributed by atoms with E-state index in [1.54, 1.807) is 0 Å². The Bertz CT molecular complexity index is 380. The van der Waals surface area contributed by atoms with Crippen molar-refractivity contribution in [2.75, 3.05) is 0 Å². The van der Waals surface area contributed by atoms with Gasteiger partial charge in [0.15, 0.2) is 0 Å². The van der Waals surface area contributed by atoms with Crippen LogP contribution in [0.2, 0.25) is 0 Å². The second kappa shape index (κ2) is 5.10. The fourth-order valence-electron chi connectivity index (χ4n) is 1.63. The molecule has 84 valence electrons. The van der Waals surface area contributed by atoms with Crippen molar-refractivity contribution in [1.29, 1.82) is 0 Å². The van der Waals surface area contributed by atoms with E-state index in [4.69, 9.17) is 0 Å². The molecule has 1 aromatic rings. The molecule has 0 unspecified atom stereocenters. The zero-order valence-electron chi connectivity index (χ0n) is 10.1. The summed E-state index contributed by atoms with van der Waals surface area (Å²) >= 11 is 0. The van der Waals surface area contributed by atoms with E-state index < -0.39 is 0 Å². The quantitative estimate of drug-likeness (QED) is 0.824. The van der Waals surface area contributed by atoms with Crippen LogP contribution in [0.1, 0.15) is 44.3 Å². The van der Waals surface area contributed by atoms with Crippen molar-refractivity contribution in [3.63, 3.8) is 0 Å². The van der Waals surface area contributed by atoms with Gasteiger partial charge in [-0.2, -0.15) is 0 Å². The molecule has 3 heteroatoms. The molecule has 0 saturated carbocycles. The van der Waals surface area contributed by atoms with Crippen LogP contribution in [0.3, 0.4) is 0 Å². The van der Waals surface area contributed by atoms with Gasteiger partial charge in [0, 0.05) is 17.7 Å². The first-order valence-corrected chi connectivity index (χ1v) is 5.63. The zero-order valence-corrected chi connectivity index (χ0v) is 10.1. The summed E-state index contributed by atoms with van der Waals surface area (Å²) in [5.74, 6) is 1.46. The van der Waals surface area contributed by atoms with Crippen molar-refractivity contribution < 1.29 is 0 Å². The maximum absolute atomic E-state index is 11.6. The van der Waals surface area contributed by atoms with E-state index in [1.807, 2.05) is 13.8 Å². The molecular formula is C12H20N2O. The molecule has 1 N–H and O–H groups in total. The van der Waals surface area contributed by atoms with E-state index in [0.29, 0.717) is 5.92 Å². The smallest absolute Gasteiger partial charge is 0.254 e. The SMILES string of the molecule is CCc1c(C)nc(CCC(C)C)[nH]c1=O. The summed E-state index contributed by atoms with van der Waals surface area (Å²) in [6.45, 7) is 8.23. The van der Waals surface area contributed by atoms with Crippen molar-refractivity contribution >= 4 is 0 Å². The number of nitrogens with zero attached hydrogens (tertiary/aromatic N) is 1. The molecule has 0 spiro atoms. The molecule has 0 aliphatic heterocycles. The zero-order chi connectivity index (χ0) is 11.4. The Kier molecular flexibility index (Phi) is 4.06. The molecular weight excluding hydrogens is 188 g/mol. The summed E-state index contributed by atoms with van der Waals surface area (Å²) in [6.07, 6.45) is 2.67. The van der Waals surface area contributed by atoms with Crippen molar-refractivity contribution in [1.82, 2.24) is 9.97 Å². The lowest BCUT2D eigenvalue weighted by atomic mass is 10.1. The van der Waals surface area contributed by atoms with E-state index in [2.05, 4.69) is 23.8 Å². The van der Waals surface area contributed by atoms with Crippen molar-refractivity contribution in [3.8, 4) is 0 Å². The predicted octanol–water partition coefficient (Wildman–Crippen LogP) is 2.23. The van der Waals surface area contributed by atoms with E-state index in [-0.39, 0.29) is 5.56 Å². The van der Waals surface area contributed by atoms with Gasteiger partial charge in [0.25, 0.3) is 5.56 Å². The average molecular weight is 208 g/mol. The lowest BCUT2D eigenvalue weighted by Gasteiger charge is -2.06. The summed E-state index contributed by atoms with van der Waals surface area (Å²) < 4.78 is 0. The van der Waals surface area contributed by atoms with Crippen molar-refractivity contribution in [3.05, 3.63) is 27.4 Å². The number of aromatic nitrogens is 2. The molecule has 0 aromatic carbocycles. The Morgan fingerprint density at radius 3 is 2.53 bits per heavy atom. The van der Waals surface area contributed by atoms with Gasteiger partial charge in [0.1, 0.15) is 5.82 Å². The first kappa shape index (κ1) is 12.0. The van der Waals surface area contributed by atoms with Gasteiger partial charge in [-0.15, -0.1) is 0 Å². The molecule has 0 radical (unpaired) electrons. The number of aromatic amines is 1. The molecule has 0 atom stereocenters. The van der Waals surface area contributed by atoms with Crippen LogP contribution < -0.4 is 5.56 Å². The standard InChI is InChI=1S/C12H20N2O/c1-5-10-9(4)13-11(14-12(10)15)7-6-8(2)3/h8H,5-7H2,1-4H3,(H,13,14,15). The van der Waals surface area contributed by atoms with Crippen LogP contribution in [0.5, 0.6) is 0 Å². The normalized spacial score (nSPS) is 11.0. The maximum Gasteiger partial charge on any atom is 0.254 e. The number of rotatable bonds is 4. The summed E-state index contributed by atoms with van der Waals surface area (Å²) in [5, 5.41) is 0. The van der Waals surface area contributed by atoms with Crippen LogP contribution in [-0.2, 0) is 12.8 Å². The molecule has 0 saturated heterocycles. The summed E-state index contributed by atoms with van der Waals surface area (Å²) in [7, 11) is 0. The minimum atomic E-state index is 0.0313. The number of hydrogen-bond acceptors (Lipinski definition) is 2. The van der Waals surface area contributed by atoms with E-state index in [0.717, 1.165) is 36.3 Å². The van der Waals surface area contributed by atoms with Gasteiger partial charge in [-0.25, -0.2) is 4.98 Å². The molecule has 0 bridgehead atoms. The van der Waals surface area contributed by atoms with E-state index in [9.17, 15) is 4.79 Å². The molecule has 3 nitrogen and oxygen atoms in total. The highest BCUT2D eigenvalue weighted by molar-refractivity contribution is 5.16. The third kappa shape index (κ3) is 3.18. The van der Waals surface area contributed by atoms with Crippen molar-refractivity contribution in [2.24, 2.45) is 5.92 Å². The van der Waals surface area contributed by atoms with Crippen LogP contribution in [0.25, 0.3) is 0 Å². The molecule has 1 aromatic heterocycles. The molecule has 0 amide bonds. The van der Waals surface area contributed by atoms with Gasteiger partial charge < -0.3 is 4.98 Å². The highest BCUT2D eigenvalue weighted by Crippen LogP contribution is 2.06. The number of H-pyrrole nitrogens is 1. The molecule has 1 heterocycles. The molecule has 0 fully saturated rings. The Labute approximate surface area is 91.0 Å². The monoisotopic (exact) mass is 208 g/mol. The highest BCUT2D eigenvalue weighted by atomic mass is 16.1. The summed E-state index contributed by atoms with van der Waals surface area (Å²) in [5.41, 5.74) is 1.71. The second-order valence-electron chi connectivity index (χ2n) is 4.36. The van der Waals surface area contributed by atoms with Crippen molar-refractivity contribution in [2.45, 2.75) is 47.0 Å². The largest absolute Gasteiger partial charge is 0.310 e. The Balaban J connectivity index is 2.89. The van der Waals surface area contributed by atoms with Crippen LogP contribution in [0, 0.1) is 12.8 Å². The Hall–Kier alpha value is -1.12. The summed E-state index contributed by atoms with van der Waals surface area (Å²) in [6, 6.07) is 0. The van der Waals surface area contributed by atoms with Crippen LogP contribution >= 0.6 is 0 Å². The lowest BCUT2D eigenvalue weighted by Crippen LogP contribution is -2.18.